The van der Waals surface area contributed by atoms with Crippen LogP contribution in [-0.4, -0.2) is 47.7 Å². The molecule has 2 N–H and O–H groups in total. The van der Waals surface area contributed by atoms with Crippen LogP contribution in [0.15, 0.2) is 30.3 Å². The number of aromatic amines is 1. The first-order valence-corrected chi connectivity index (χ1v) is 7.37. The van der Waals surface area contributed by atoms with Gasteiger partial charge in [-0.15, -0.1) is 12.4 Å². The molecule has 1 unspecified atom stereocenters. The zero-order chi connectivity index (χ0) is 15.5. The molecular formula is C16H21ClN4O2. The van der Waals surface area contributed by atoms with Crippen LogP contribution < -0.4 is 10.1 Å². The molecule has 0 radical (unpaired) electrons. The largest absolute Gasteiger partial charge is 0.496 e. The molecule has 1 aliphatic heterocycles. The highest BCUT2D eigenvalue weighted by atomic mass is 35.5. The predicted octanol–water partition coefficient (Wildman–Crippen LogP) is 1.94. The van der Waals surface area contributed by atoms with Gasteiger partial charge in [0.05, 0.1) is 13.2 Å². The van der Waals surface area contributed by atoms with Crippen LogP contribution in [0.2, 0.25) is 0 Å². The fraction of sp³-hybridized carbons (Fsp3) is 0.375. The molecule has 0 saturated carbocycles. The van der Waals surface area contributed by atoms with Gasteiger partial charge in [0, 0.05) is 30.9 Å². The molecule has 1 fully saturated rings. The number of halogens is 1. The molecule has 6 nitrogen and oxygen atoms in total. The van der Waals surface area contributed by atoms with E-state index in [4.69, 9.17) is 4.74 Å². The van der Waals surface area contributed by atoms with Gasteiger partial charge >= 0.3 is 0 Å². The number of methoxy groups -OCH3 is 1. The number of nitrogens with one attached hydrogen (secondary N) is 2. The number of rotatable bonds is 3. The van der Waals surface area contributed by atoms with Crippen molar-refractivity contribution in [3.63, 3.8) is 0 Å². The van der Waals surface area contributed by atoms with E-state index in [9.17, 15) is 4.79 Å². The number of benzene rings is 1. The third-order valence-electron chi connectivity index (χ3n) is 3.93. The van der Waals surface area contributed by atoms with Crippen molar-refractivity contribution in [3.05, 3.63) is 47.3 Å². The van der Waals surface area contributed by atoms with E-state index < -0.39 is 0 Å². The summed E-state index contributed by atoms with van der Waals surface area (Å²) in [7, 11) is 1.65. The minimum Gasteiger partial charge on any atom is -0.496 e. The Bertz CT molecular complexity index is 674. The number of para-hydroxylation sites is 1. The third kappa shape index (κ3) is 3.48. The van der Waals surface area contributed by atoms with Crippen molar-refractivity contribution >= 4 is 18.3 Å². The van der Waals surface area contributed by atoms with Gasteiger partial charge in [-0.3, -0.25) is 9.89 Å². The number of aromatic nitrogens is 2. The molecule has 0 aliphatic carbocycles. The third-order valence-corrected chi connectivity index (χ3v) is 3.93. The second-order valence-corrected chi connectivity index (χ2v) is 5.40. The van der Waals surface area contributed by atoms with Crippen LogP contribution in [0.1, 0.15) is 27.8 Å². The van der Waals surface area contributed by atoms with Crippen molar-refractivity contribution in [1.82, 2.24) is 20.4 Å². The van der Waals surface area contributed by atoms with Crippen molar-refractivity contribution in [3.8, 4) is 5.75 Å². The SMILES string of the molecule is COc1ccccc1C1CNCCN1C(=O)c1cc(C)[nH]n1.Cl. The highest BCUT2D eigenvalue weighted by Crippen LogP contribution is 2.30. The Labute approximate surface area is 141 Å². The van der Waals surface area contributed by atoms with Crippen LogP contribution in [0, 0.1) is 6.92 Å². The molecule has 124 valence electrons. The Morgan fingerprint density at radius 1 is 1.39 bits per heavy atom. The summed E-state index contributed by atoms with van der Waals surface area (Å²) >= 11 is 0. The van der Waals surface area contributed by atoms with Crippen molar-refractivity contribution in [2.24, 2.45) is 0 Å². The lowest BCUT2D eigenvalue weighted by Gasteiger charge is -2.36. The summed E-state index contributed by atoms with van der Waals surface area (Å²) < 4.78 is 5.45. The van der Waals surface area contributed by atoms with E-state index in [1.165, 1.54) is 0 Å². The van der Waals surface area contributed by atoms with Gasteiger partial charge in [-0.2, -0.15) is 5.10 Å². The summed E-state index contributed by atoms with van der Waals surface area (Å²) in [4.78, 5) is 14.6. The van der Waals surface area contributed by atoms with Crippen molar-refractivity contribution < 1.29 is 9.53 Å². The van der Waals surface area contributed by atoms with Crippen LogP contribution in [0.4, 0.5) is 0 Å². The lowest BCUT2D eigenvalue weighted by Crippen LogP contribution is -2.48. The van der Waals surface area contributed by atoms with Gasteiger partial charge in [0.1, 0.15) is 11.4 Å². The van der Waals surface area contributed by atoms with Gasteiger partial charge in [0.2, 0.25) is 0 Å². The van der Waals surface area contributed by atoms with Crippen LogP contribution in [-0.2, 0) is 0 Å². The molecule has 3 rings (SSSR count). The number of ether oxygens (including phenoxy) is 1. The maximum absolute atomic E-state index is 12.8. The van der Waals surface area contributed by atoms with Gasteiger partial charge in [0.15, 0.2) is 0 Å². The summed E-state index contributed by atoms with van der Waals surface area (Å²) in [6.45, 7) is 4.02. The molecule has 2 aromatic rings. The first kappa shape index (κ1) is 17.3. The van der Waals surface area contributed by atoms with Gasteiger partial charge in [-0.25, -0.2) is 0 Å². The van der Waals surface area contributed by atoms with Crippen molar-refractivity contribution in [1.29, 1.82) is 0 Å². The lowest BCUT2D eigenvalue weighted by molar-refractivity contribution is 0.0625. The molecule has 1 aliphatic rings. The lowest BCUT2D eigenvalue weighted by atomic mass is 10.0. The minimum absolute atomic E-state index is 0. The molecule has 1 saturated heterocycles. The number of hydrogen-bond donors (Lipinski definition) is 2. The minimum atomic E-state index is -0.0607. The fourth-order valence-corrected chi connectivity index (χ4v) is 2.84. The molecule has 0 bridgehead atoms. The predicted molar refractivity (Wildman–Crippen MR) is 90.2 cm³/mol. The maximum atomic E-state index is 12.8. The number of hydrogen-bond acceptors (Lipinski definition) is 4. The zero-order valence-corrected chi connectivity index (χ0v) is 14.0. The van der Waals surface area contributed by atoms with Gasteiger partial charge in [-0.05, 0) is 19.1 Å². The second-order valence-electron chi connectivity index (χ2n) is 5.40. The van der Waals surface area contributed by atoms with Crippen molar-refractivity contribution in [2.75, 3.05) is 26.7 Å². The van der Waals surface area contributed by atoms with E-state index in [-0.39, 0.29) is 24.4 Å². The molecule has 0 spiro atoms. The fourth-order valence-electron chi connectivity index (χ4n) is 2.84. The summed E-state index contributed by atoms with van der Waals surface area (Å²) in [5, 5.41) is 10.3. The van der Waals surface area contributed by atoms with E-state index >= 15 is 0 Å². The Balaban J connectivity index is 0.00000192. The second kappa shape index (κ2) is 7.48. The van der Waals surface area contributed by atoms with Crippen LogP contribution >= 0.6 is 12.4 Å². The first-order chi connectivity index (χ1) is 10.7. The van der Waals surface area contributed by atoms with E-state index in [2.05, 4.69) is 15.5 Å². The smallest absolute Gasteiger partial charge is 0.274 e. The van der Waals surface area contributed by atoms with Gasteiger partial charge < -0.3 is 15.0 Å². The normalized spacial score (nSPS) is 17.5. The monoisotopic (exact) mass is 336 g/mol. The number of H-pyrrole nitrogens is 1. The number of amides is 1. The van der Waals surface area contributed by atoms with E-state index in [0.717, 1.165) is 23.6 Å². The topological polar surface area (TPSA) is 70.2 Å². The number of piperazine rings is 1. The van der Waals surface area contributed by atoms with Gasteiger partial charge in [0.25, 0.3) is 5.91 Å². The van der Waals surface area contributed by atoms with Crippen molar-refractivity contribution in [2.45, 2.75) is 13.0 Å². The highest BCUT2D eigenvalue weighted by molar-refractivity contribution is 5.92. The van der Waals surface area contributed by atoms with E-state index in [1.54, 1.807) is 13.2 Å². The quantitative estimate of drug-likeness (QED) is 0.898. The van der Waals surface area contributed by atoms with Crippen LogP contribution in [0.5, 0.6) is 5.75 Å². The Morgan fingerprint density at radius 3 is 2.87 bits per heavy atom. The molecule has 1 aromatic carbocycles. The van der Waals surface area contributed by atoms with E-state index in [0.29, 0.717) is 18.8 Å². The summed E-state index contributed by atoms with van der Waals surface area (Å²) in [6, 6.07) is 9.55. The highest BCUT2D eigenvalue weighted by Gasteiger charge is 2.31. The van der Waals surface area contributed by atoms with Crippen LogP contribution in [0.25, 0.3) is 0 Å². The number of nitrogens with zero attached hydrogens (tertiary/aromatic N) is 2. The average molecular weight is 337 g/mol. The maximum Gasteiger partial charge on any atom is 0.274 e. The zero-order valence-electron chi connectivity index (χ0n) is 13.2. The molecule has 7 heteroatoms. The Hall–Kier alpha value is -2.05. The molecule has 1 atom stereocenters. The molecule has 1 aromatic heterocycles. The first-order valence-electron chi connectivity index (χ1n) is 7.37. The summed E-state index contributed by atoms with van der Waals surface area (Å²) in [5.41, 5.74) is 2.35. The standard InChI is InChI=1S/C16H20N4O2.ClH/c1-11-9-13(19-18-11)16(21)20-8-7-17-10-14(20)12-5-3-4-6-15(12)22-2;/h3-6,9,14,17H,7-8,10H2,1-2H3,(H,18,19);1H. The number of carbonyl (C=O) groups excluding carboxylic acids is 1. The Morgan fingerprint density at radius 2 is 2.17 bits per heavy atom. The summed E-state index contributed by atoms with van der Waals surface area (Å²) in [6.07, 6.45) is 0. The van der Waals surface area contributed by atoms with E-state index in [1.807, 2.05) is 36.1 Å². The summed E-state index contributed by atoms with van der Waals surface area (Å²) in [5.74, 6) is 0.744. The number of carbonyl (C=O) groups is 1. The number of aryl methyl sites for hydroxylation is 1. The molecule has 23 heavy (non-hydrogen) atoms. The van der Waals surface area contributed by atoms with Crippen LogP contribution in [0.3, 0.4) is 0 Å². The molecule has 1 amide bonds. The molecular weight excluding hydrogens is 316 g/mol. The Kier molecular flexibility index (Phi) is 5.63. The van der Waals surface area contributed by atoms with Gasteiger partial charge in [-0.1, -0.05) is 18.2 Å². The molecule has 2 heterocycles. The average Bonchev–Trinajstić information content (AvgIpc) is 3.00.